The van der Waals surface area contributed by atoms with Crippen LogP contribution in [0, 0.1) is 5.82 Å². The standard InChI is InChI=1S/C21H19FN2O6/c1-12(20(26)27)30-17-8-7-13(10-18(17)29-2)9-16-19(25)24(21(28)23-16)11-14-5-3-4-6-15(14)22/h3-10,12H,11H2,1-2H3,(H,23,28)(H,26,27)/b16-9-. The number of rotatable bonds is 7. The fourth-order valence-corrected chi connectivity index (χ4v) is 2.79. The van der Waals surface area contributed by atoms with Crippen molar-refractivity contribution >= 4 is 24.0 Å². The molecule has 1 heterocycles. The monoisotopic (exact) mass is 414 g/mol. The van der Waals surface area contributed by atoms with E-state index >= 15 is 0 Å². The highest BCUT2D eigenvalue weighted by Crippen LogP contribution is 2.30. The van der Waals surface area contributed by atoms with Crippen molar-refractivity contribution in [2.24, 2.45) is 0 Å². The summed E-state index contributed by atoms with van der Waals surface area (Å²) in [5, 5.41) is 11.4. The van der Waals surface area contributed by atoms with Crippen molar-refractivity contribution in [2.75, 3.05) is 7.11 Å². The lowest BCUT2D eigenvalue weighted by Gasteiger charge is -2.14. The van der Waals surface area contributed by atoms with Crippen molar-refractivity contribution in [1.82, 2.24) is 10.2 Å². The van der Waals surface area contributed by atoms with Crippen molar-refractivity contribution in [3.05, 3.63) is 65.1 Å². The number of nitrogens with one attached hydrogen (secondary N) is 1. The number of urea groups is 1. The maximum Gasteiger partial charge on any atom is 0.344 e. The zero-order chi connectivity index (χ0) is 21.8. The number of benzene rings is 2. The maximum atomic E-state index is 13.9. The Bertz CT molecular complexity index is 1040. The van der Waals surface area contributed by atoms with Crippen LogP contribution in [0.3, 0.4) is 0 Å². The average Bonchev–Trinajstić information content (AvgIpc) is 2.97. The van der Waals surface area contributed by atoms with E-state index in [1.807, 2.05) is 0 Å². The molecule has 0 spiro atoms. The lowest BCUT2D eigenvalue weighted by molar-refractivity contribution is -0.144. The molecule has 1 fully saturated rings. The molecular weight excluding hydrogens is 395 g/mol. The number of carboxylic acids is 1. The summed E-state index contributed by atoms with van der Waals surface area (Å²) in [7, 11) is 1.39. The minimum absolute atomic E-state index is 0.0194. The summed E-state index contributed by atoms with van der Waals surface area (Å²) in [6.45, 7) is 1.19. The van der Waals surface area contributed by atoms with Crippen LogP contribution in [0.15, 0.2) is 48.2 Å². The van der Waals surface area contributed by atoms with Gasteiger partial charge in [-0.15, -0.1) is 0 Å². The Labute approximate surface area is 171 Å². The molecule has 2 aromatic carbocycles. The van der Waals surface area contributed by atoms with Gasteiger partial charge in [-0.1, -0.05) is 24.3 Å². The van der Waals surface area contributed by atoms with E-state index in [-0.39, 0.29) is 29.3 Å². The van der Waals surface area contributed by atoms with Crippen LogP contribution in [0.4, 0.5) is 9.18 Å². The Morgan fingerprint density at radius 1 is 1.23 bits per heavy atom. The summed E-state index contributed by atoms with van der Waals surface area (Å²) in [6.07, 6.45) is 0.361. The minimum atomic E-state index is -1.13. The van der Waals surface area contributed by atoms with E-state index in [9.17, 15) is 18.8 Å². The van der Waals surface area contributed by atoms with Crippen LogP contribution in [0.2, 0.25) is 0 Å². The Morgan fingerprint density at radius 2 is 1.97 bits per heavy atom. The molecule has 8 nitrogen and oxygen atoms in total. The predicted molar refractivity (Wildman–Crippen MR) is 104 cm³/mol. The highest BCUT2D eigenvalue weighted by atomic mass is 19.1. The molecule has 1 aliphatic rings. The highest BCUT2D eigenvalue weighted by molar-refractivity contribution is 6.13. The molecule has 0 aliphatic carbocycles. The summed E-state index contributed by atoms with van der Waals surface area (Å²) in [4.78, 5) is 36.7. The van der Waals surface area contributed by atoms with Crippen LogP contribution in [0.25, 0.3) is 6.08 Å². The molecule has 1 atom stereocenters. The van der Waals surface area contributed by atoms with Crippen LogP contribution in [0.1, 0.15) is 18.1 Å². The van der Waals surface area contributed by atoms with Crippen molar-refractivity contribution in [1.29, 1.82) is 0 Å². The number of halogens is 1. The van der Waals surface area contributed by atoms with Gasteiger partial charge in [0.1, 0.15) is 11.5 Å². The number of ether oxygens (including phenoxy) is 2. The van der Waals surface area contributed by atoms with Crippen LogP contribution in [0.5, 0.6) is 11.5 Å². The Hall–Kier alpha value is -3.88. The van der Waals surface area contributed by atoms with Gasteiger partial charge in [0.05, 0.1) is 13.7 Å². The van der Waals surface area contributed by atoms with E-state index in [0.29, 0.717) is 5.56 Å². The van der Waals surface area contributed by atoms with E-state index in [4.69, 9.17) is 14.6 Å². The normalized spacial score (nSPS) is 15.8. The lowest BCUT2D eigenvalue weighted by Crippen LogP contribution is -2.30. The average molecular weight is 414 g/mol. The van der Waals surface area contributed by atoms with E-state index in [1.165, 1.54) is 50.4 Å². The molecule has 0 aromatic heterocycles. The number of hydrogen-bond acceptors (Lipinski definition) is 5. The van der Waals surface area contributed by atoms with E-state index < -0.39 is 29.8 Å². The number of carboxylic acid groups (broad SMARTS) is 1. The molecule has 2 N–H and O–H groups in total. The fourth-order valence-electron chi connectivity index (χ4n) is 2.79. The summed E-state index contributed by atoms with van der Waals surface area (Å²) >= 11 is 0. The molecular formula is C21H19FN2O6. The molecule has 3 amide bonds. The van der Waals surface area contributed by atoms with Crippen LogP contribution < -0.4 is 14.8 Å². The number of imide groups is 1. The molecule has 1 saturated heterocycles. The van der Waals surface area contributed by atoms with Gasteiger partial charge in [-0.25, -0.2) is 14.0 Å². The summed E-state index contributed by atoms with van der Waals surface area (Å²) in [5.41, 5.74) is 0.752. The third-order valence-electron chi connectivity index (χ3n) is 4.40. The Morgan fingerprint density at radius 3 is 2.63 bits per heavy atom. The topological polar surface area (TPSA) is 105 Å². The molecule has 0 radical (unpaired) electrons. The summed E-state index contributed by atoms with van der Waals surface area (Å²) in [6, 6.07) is 9.86. The van der Waals surface area contributed by atoms with Crippen molar-refractivity contribution < 1.29 is 33.4 Å². The first kappa shape index (κ1) is 20.8. The van der Waals surface area contributed by atoms with Gasteiger partial charge in [0.15, 0.2) is 17.6 Å². The van der Waals surface area contributed by atoms with Crippen molar-refractivity contribution in [2.45, 2.75) is 19.6 Å². The first-order valence-electron chi connectivity index (χ1n) is 8.95. The molecule has 1 aliphatic heterocycles. The second-order valence-electron chi connectivity index (χ2n) is 6.48. The Balaban J connectivity index is 1.81. The third-order valence-corrected chi connectivity index (χ3v) is 4.40. The zero-order valence-electron chi connectivity index (χ0n) is 16.2. The minimum Gasteiger partial charge on any atom is -0.493 e. The van der Waals surface area contributed by atoms with Gasteiger partial charge in [0.25, 0.3) is 5.91 Å². The van der Waals surface area contributed by atoms with Gasteiger partial charge in [-0.05, 0) is 36.8 Å². The Kier molecular flexibility index (Phi) is 6.01. The number of amides is 3. The third kappa shape index (κ3) is 4.40. The molecule has 2 aromatic rings. The highest BCUT2D eigenvalue weighted by Gasteiger charge is 2.34. The first-order chi connectivity index (χ1) is 14.3. The van der Waals surface area contributed by atoms with Crippen molar-refractivity contribution in [3.8, 4) is 11.5 Å². The zero-order valence-corrected chi connectivity index (χ0v) is 16.2. The van der Waals surface area contributed by atoms with E-state index in [2.05, 4.69) is 5.32 Å². The van der Waals surface area contributed by atoms with Gasteiger partial charge in [0, 0.05) is 5.56 Å². The number of aliphatic carboxylic acids is 1. The second kappa shape index (κ2) is 8.64. The van der Waals surface area contributed by atoms with Gasteiger partial charge in [-0.3, -0.25) is 9.69 Å². The maximum absolute atomic E-state index is 13.9. The molecule has 30 heavy (non-hydrogen) atoms. The lowest BCUT2D eigenvalue weighted by atomic mass is 10.1. The van der Waals surface area contributed by atoms with Crippen LogP contribution in [-0.4, -0.2) is 41.1 Å². The molecule has 9 heteroatoms. The van der Waals surface area contributed by atoms with E-state index in [0.717, 1.165) is 4.90 Å². The fraction of sp³-hybridized carbons (Fsp3) is 0.190. The molecule has 1 unspecified atom stereocenters. The summed E-state index contributed by atoms with van der Waals surface area (Å²) < 4.78 is 24.4. The predicted octanol–water partition coefficient (Wildman–Crippen LogP) is 2.78. The van der Waals surface area contributed by atoms with Gasteiger partial charge in [0.2, 0.25) is 0 Å². The second-order valence-corrected chi connectivity index (χ2v) is 6.48. The van der Waals surface area contributed by atoms with Gasteiger partial charge in [-0.2, -0.15) is 0 Å². The smallest absolute Gasteiger partial charge is 0.344 e. The summed E-state index contributed by atoms with van der Waals surface area (Å²) in [5.74, 6) is -1.75. The van der Waals surface area contributed by atoms with Gasteiger partial charge >= 0.3 is 12.0 Å². The van der Waals surface area contributed by atoms with E-state index in [1.54, 1.807) is 12.1 Å². The number of carbonyl (C=O) groups excluding carboxylic acids is 2. The number of methoxy groups -OCH3 is 1. The van der Waals surface area contributed by atoms with Crippen LogP contribution in [-0.2, 0) is 16.1 Å². The van der Waals surface area contributed by atoms with Gasteiger partial charge < -0.3 is 19.9 Å². The molecule has 0 bridgehead atoms. The molecule has 0 saturated carbocycles. The molecule has 156 valence electrons. The molecule has 3 rings (SSSR count). The van der Waals surface area contributed by atoms with Crippen molar-refractivity contribution in [3.63, 3.8) is 0 Å². The number of carbonyl (C=O) groups is 3. The number of nitrogens with zero attached hydrogens (tertiary/aromatic N) is 1. The number of hydrogen-bond donors (Lipinski definition) is 2. The largest absolute Gasteiger partial charge is 0.493 e. The quantitative estimate of drug-likeness (QED) is 0.533. The first-order valence-corrected chi connectivity index (χ1v) is 8.95. The SMILES string of the molecule is COc1cc(/C=C2\NC(=O)N(Cc3ccccc3F)C2=O)ccc1OC(C)C(=O)O. The van der Waals surface area contributed by atoms with Crippen LogP contribution >= 0.6 is 0 Å².